The molecule has 2 nitrogen and oxygen atoms in total. The van der Waals surface area contributed by atoms with E-state index in [1.165, 1.54) is 25.3 Å². The fourth-order valence-electron chi connectivity index (χ4n) is 2.52. The van der Waals surface area contributed by atoms with E-state index in [9.17, 15) is 13.2 Å². The molecular formula is C21H19F3O2. The van der Waals surface area contributed by atoms with Crippen LogP contribution >= 0.6 is 0 Å². The Hall–Kier alpha value is -2.61. The summed E-state index contributed by atoms with van der Waals surface area (Å²) in [7, 11) is 0. The average molecular weight is 360 g/mol. The minimum atomic E-state index is -3.06. The highest BCUT2D eigenvalue weighted by atomic mass is 19.3. The van der Waals surface area contributed by atoms with Gasteiger partial charge in [0, 0.05) is 11.1 Å². The first-order valence-corrected chi connectivity index (χ1v) is 8.59. The second kappa shape index (κ2) is 8.66. The van der Waals surface area contributed by atoms with E-state index in [4.69, 9.17) is 4.74 Å². The molecule has 2 aromatic rings. The fraction of sp³-hybridized carbons (Fsp3) is 0.333. The quantitative estimate of drug-likeness (QED) is 0.486. The van der Waals surface area contributed by atoms with Gasteiger partial charge >= 0.3 is 6.61 Å². The standard InChI is InChI=1S/C21H19F3O2/c22-19-14-17(9-12-20(19)26-21(23)24)6-5-16-7-10-18(11-8-16)25-13-1-2-15-3-4-15/h7-12,14-15,21H,1-4,13H2. The van der Waals surface area contributed by atoms with Crippen molar-refractivity contribution in [1.29, 1.82) is 0 Å². The summed E-state index contributed by atoms with van der Waals surface area (Å²) < 4.78 is 47.6. The van der Waals surface area contributed by atoms with E-state index in [1.807, 2.05) is 24.3 Å². The largest absolute Gasteiger partial charge is 0.494 e. The van der Waals surface area contributed by atoms with Crippen molar-refractivity contribution in [2.75, 3.05) is 6.61 Å². The number of alkyl halides is 2. The Balaban J connectivity index is 1.54. The van der Waals surface area contributed by atoms with Crippen molar-refractivity contribution in [3.8, 4) is 23.3 Å². The molecule has 0 unspecified atom stereocenters. The number of hydrogen-bond acceptors (Lipinski definition) is 2. The van der Waals surface area contributed by atoms with E-state index >= 15 is 0 Å². The van der Waals surface area contributed by atoms with Gasteiger partial charge in [-0.3, -0.25) is 0 Å². The van der Waals surface area contributed by atoms with Crippen molar-refractivity contribution in [3.05, 3.63) is 59.4 Å². The minimum absolute atomic E-state index is 0.379. The van der Waals surface area contributed by atoms with Gasteiger partial charge in [0.1, 0.15) is 5.75 Å². The molecular weight excluding hydrogens is 341 g/mol. The fourth-order valence-corrected chi connectivity index (χ4v) is 2.52. The Bertz CT molecular complexity index is 787. The molecule has 0 N–H and O–H groups in total. The zero-order chi connectivity index (χ0) is 18.4. The van der Waals surface area contributed by atoms with Crippen molar-refractivity contribution in [2.45, 2.75) is 32.3 Å². The monoisotopic (exact) mass is 360 g/mol. The number of rotatable bonds is 7. The van der Waals surface area contributed by atoms with Crippen LogP contribution in [0.25, 0.3) is 0 Å². The van der Waals surface area contributed by atoms with E-state index in [-0.39, 0.29) is 0 Å². The number of benzene rings is 2. The zero-order valence-electron chi connectivity index (χ0n) is 14.2. The number of ether oxygens (including phenoxy) is 2. The molecule has 0 spiro atoms. The van der Waals surface area contributed by atoms with Gasteiger partial charge in [0.05, 0.1) is 6.61 Å². The summed E-state index contributed by atoms with van der Waals surface area (Å²) >= 11 is 0. The average Bonchev–Trinajstić information content (AvgIpc) is 3.44. The van der Waals surface area contributed by atoms with Crippen LogP contribution in [0.15, 0.2) is 42.5 Å². The Morgan fingerprint density at radius 2 is 1.69 bits per heavy atom. The van der Waals surface area contributed by atoms with Crippen LogP contribution in [0.1, 0.15) is 36.8 Å². The molecule has 1 aliphatic carbocycles. The molecule has 0 bridgehead atoms. The van der Waals surface area contributed by atoms with Crippen molar-refractivity contribution in [1.82, 2.24) is 0 Å². The third-order valence-electron chi connectivity index (χ3n) is 4.08. The molecule has 5 heteroatoms. The molecule has 0 saturated heterocycles. The Morgan fingerprint density at radius 1 is 1.00 bits per heavy atom. The maximum absolute atomic E-state index is 13.6. The first-order valence-electron chi connectivity index (χ1n) is 8.59. The number of hydrogen-bond donors (Lipinski definition) is 0. The van der Waals surface area contributed by atoms with Crippen LogP contribution in [0.3, 0.4) is 0 Å². The zero-order valence-corrected chi connectivity index (χ0v) is 14.2. The Morgan fingerprint density at radius 3 is 2.35 bits per heavy atom. The minimum Gasteiger partial charge on any atom is -0.494 e. The SMILES string of the molecule is Fc1cc(C#Cc2ccc(OCCCC3CC3)cc2)ccc1OC(F)F. The maximum Gasteiger partial charge on any atom is 0.387 e. The molecule has 0 aromatic heterocycles. The lowest BCUT2D eigenvalue weighted by atomic mass is 10.1. The lowest BCUT2D eigenvalue weighted by Crippen LogP contribution is -2.03. The van der Waals surface area contributed by atoms with Crippen LogP contribution in [0.5, 0.6) is 11.5 Å². The molecule has 26 heavy (non-hydrogen) atoms. The van der Waals surface area contributed by atoms with Crippen LogP contribution < -0.4 is 9.47 Å². The van der Waals surface area contributed by atoms with Crippen molar-refractivity contribution >= 4 is 0 Å². The second-order valence-electron chi connectivity index (χ2n) is 6.23. The van der Waals surface area contributed by atoms with Gasteiger partial charge in [-0.05, 0) is 61.2 Å². The van der Waals surface area contributed by atoms with Gasteiger partial charge in [-0.15, -0.1) is 0 Å². The maximum atomic E-state index is 13.6. The molecule has 1 fully saturated rings. The topological polar surface area (TPSA) is 18.5 Å². The summed E-state index contributed by atoms with van der Waals surface area (Å²) in [6, 6.07) is 11.0. The van der Waals surface area contributed by atoms with E-state index in [0.717, 1.165) is 35.8 Å². The van der Waals surface area contributed by atoms with Gasteiger partial charge in [0.25, 0.3) is 0 Å². The van der Waals surface area contributed by atoms with Crippen molar-refractivity contribution in [2.24, 2.45) is 5.92 Å². The summed E-state index contributed by atoms with van der Waals surface area (Å²) in [5.41, 5.74) is 1.13. The third kappa shape index (κ3) is 5.73. The molecule has 0 atom stereocenters. The summed E-state index contributed by atoms with van der Waals surface area (Å²) in [5, 5.41) is 0. The molecule has 3 rings (SSSR count). The van der Waals surface area contributed by atoms with Crippen LogP contribution in [-0.4, -0.2) is 13.2 Å². The highest BCUT2D eigenvalue weighted by Crippen LogP contribution is 2.33. The van der Waals surface area contributed by atoms with Crippen LogP contribution in [0, 0.1) is 23.6 Å². The van der Waals surface area contributed by atoms with E-state index < -0.39 is 18.2 Å². The van der Waals surface area contributed by atoms with E-state index in [2.05, 4.69) is 16.6 Å². The molecule has 2 aromatic carbocycles. The van der Waals surface area contributed by atoms with Crippen molar-refractivity contribution in [3.63, 3.8) is 0 Å². The summed E-state index contributed by atoms with van der Waals surface area (Å²) in [6.45, 7) is -2.34. The van der Waals surface area contributed by atoms with Gasteiger partial charge < -0.3 is 9.47 Å². The van der Waals surface area contributed by atoms with Gasteiger partial charge in [0.2, 0.25) is 0 Å². The predicted octanol–water partition coefficient (Wildman–Crippen LogP) is 5.40. The molecule has 1 saturated carbocycles. The van der Waals surface area contributed by atoms with Crippen LogP contribution in [-0.2, 0) is 0 Å². The summed E-state index contributed by atoms with van der Waals surface area (Å²) in [5.74, 6) is 6.06. The lowest BCUT2D eigenvalue weighted by molar-refractivity contribution is -0.0521. The van der Waals surface area contributed by atoms with Crippen LogP contribution in [0.2, 0.25) is 0 Å². The van der Waals surface area contributed by atoms with Gasteiger partial charge in [0.15, 0.2) is 11.6 Å². The summed E-state index contributed by atoms with van der Waals surface area (Å²) in [4.78, 5) is 0. The second-order valence-corrected chi connectivity index (χ2v) is 6.23. The summed E-state index contributed by atoms with van der Waals surface area (Å²) in [6.07, 6.45) is 5.03. The highest BCUT2D eigenvalue weighted by molar-refractivity contribution is 5.45. The first kappa shape index (κ1) is 18.2. The van der Waals surface area contributed by atoms with Crippen LogP contribution in [0.4, 0.5) is 13.2 Å². The van der Waals surface area contributed by atoms with Gasteiger partial charge in [-0.1, -0.05) is 24.7 Å². The lowest BCUT2D eigenvalue weighted by Gasteiger charge is -2.05. The smallest absolute Gasteiger partial charge is 0.387 e. The van der Waals surface area contributed by atoms with E-state index in [0.29, 0.717) is 12.2 Å². The molecule has 0 heterocycles. The van der Waals surface area contributed by atoms with Crippen molar-refractivity contribution < 1.29 is 22.6 Å². The predicted molar refractivity (Wildman–Crippen MR) is 92.9 cm³/mol. The Labute approximate surface area is 150 Å². The molecule has 0 radical (unpaired) electrons. The molecule has 1 aliphatic rings. The number of halogens is 3. The van der Waals surface area contributed by atoms with Gasteiger partial charge in [-0.2, -0.15) is 8.78 Å². The molecule has 0 aliphatic heterocycles. The Kier molecular flexibility index (Phi) is 6.06. The molecule has 136 valence electrons. The molecule has 0 amide bonds. The van der Waals surface area contributed by atoms with Gasteiger partial charge in [-0.25, -0.2) is 4.39 Å². The van der Waals surface area contributed by atoms with E-state index in [1.54, 1.807) is 0 Å². The highest BCUT2D eigenvalue weighted by Gasteiger charge is 2.20. The normalized spacial score (nSPS) is 13.2. The third-order valence-corrected chi connectivity index (χ3v) is 4.08. The first-order chi connectivity index (χ1) is 12.6.